The Hall–Kier alpha value is -2.95. The summed E-state index contributed by atoms with van der Waals surface area (Å²) >= 11 is 19.0. The fourth-order valence-corrected chi connectivity index (χ4v) is 6.48. The normalized spacial score (nSPS) is 18.0. The summed E-state index contributed by atoms with van der Waals surface area (Å²) in [5.41, 5.74) is 2.91. The molecule has 0 radical (unpaired) electrons. The van der Waals surface area contributed by atoms with Crippen molar-refractivity contribution in [2.24, 2.45) is 5.92 Å². The lowest BCUT2D eigenvalue weighted by molar-refractivity contribution is -0.134. The Balaban J connectivity index is 1.24. The van der Waals surface area contributed by atoms with Gasteiger partial charge in [0.1, 0.15) is 13.2 Å². The number of amides is 2. The van der Waals surface area contributed by atoms with Gasteiger partial charge in [0.15, 0.2) is 5.75 Å². The molecule has 2 aliphatic rings. The molecule has 1 saturated carbocycles. The van der Waals surface area contributed by atoms with Crippen molar-refractivity contribution in [2.45, 2.75) is 51.0 Å². The number of carbonyl (C=O) groups excluding carboxylic acids is 2. The van der Waals surface area contributed by atoms with Crippen molar-refractivity contribution in [3.8, 4) is 11.6 Å². The first-order valence-electron chi connectivity index (χ1n) is 15.2. The van der Waals surface area contributed by atoms with E-state index in [2.05, 4.69) is 15.3 Å². The number of piperidine rings is 1. The molecule has 2 aromatic heterocycles. The Morgan fingerprint density at radius 3 is 2.40 bits per heavy atom. The largest absolute Gasteiger partial charge is 0.487 e. The van der Waals surface area contributed by atoms with Crippen molar-refractivity contribution in [1.82, 2.24) is 20.2 Å². The van der Waals surface area contributed by atoms with Crippen LogP contribution in [0.5, 0.6) is 11.6 Å². The highest BCUT2D eigenvalue weighted by Gasteiger charge is 2.44. The molecule has 0 spiro atoms. The quantitative estimate of drug-likeness (QED) is 0.166. The highest BCUT2D eigenvalue weighted by atomic mass is 35.5. The van der Waals surface area contributed by atoms with Crippen LogP contribution in [0.1, 0.15) is 58.8 Å². The van der Waals surface area contributed by atoms with Crippen molar-refractivity contribution in [1.29, 1.82) is 0 Å². The summed E-state index contributed by atoms with van der Waals surface area (Å²) in [5, 5.41) is 4.47. The van der Waals surface area contributed by atoms with Crippen molar-refractivity contribution in [3.05, 3.63) is 80.2 Å². The molecule has 12 heteroatoms. The molecule has 1 saturated heterocycles. The molecule has 2 atom stereocenters. The van der Waals surface area contributed by atoms with E-state index >= 15 is 0 Å². The van der Waals surface area contributed by atoms with Gasteiger partial charge in [0, 0.05) is 50.5 Å². The van der Waals surface area contributed by atoms with Gasteiger partial charge in [0.2, 0.25) is 11.8 Å². The van der Waals surface area contributed by atoms with Crippen LogP contribution in [0, 0.1) is 12.8 Å². The summed E-state index contributed by atoms with van der Waals surface area (Å²) in [4.78, 5) is 38.3. The third kappa shape index (κ3) is 8.45. The zero-order valence-electron chi connectivity index (χ0n) is 25.4. The molecule has 0 bridgehead atoms. The van der Waals surface area contributed by atoms with Crippen LogP contribution in [0.15, 0.2) is 42.7 Å². The van der Waals surface area contributed by atoms with E-state index in [1.54, 1.807) is 37.6 Å². The van der Waals surface area contributed by atoms with Crippen LogP contribution in [0.2, 0.25) is 15.1 Å². The van der Waals surface area contributed by atoms with Crippen LogP contribution in [-0.4, -0.2) is 72.7 Å². The summed E-state index contributed by atoms with van der Waals surface area (Å²) in [7, 11) is 1.65. The fourth-order valence-electron chi connectivity index (χ4n) is 5.60. The maximum atomic E-state index is 14.1. The number of aryl methyl sites for hydroxylation is 2. The minimum Gasteiger partial charge on any atom is -0.487 e. The molecule has 2 amide bonds. The Bertz CT molecular complexity index is 1480. The van der Waals surface area contributed by atoms with E-state index in [-0.39, 0.29) is 42.0 Å². The number of nitrogens with zero attached hydrogens (tertiary/aromatic N) is 3. The van der Waals surface area contributed by atoms with E-state index in [1.807, 2.05) is 13.0 Å². The van der Waals surface area contributed by atoms with Gasteiger partial charge in [-0.2, -0.15) is 0 Å². The van der Waals surface area contributed by atoms with E-state index in [1.165, 1.54) is 11.1 Å². The molecule has 1 aromatic carbocycles. The second-order valence-corrected chi connectivity index (χ2v) is 12.6. The number of pyridine rings is 2. The SMILES string of the molecule is COCCCc1cc(C(=O)N(C(=O)[C@H]2CNCC[C@@H]2c2ccc(OCCOc3c(Cl)cc(C)cc3Cl)nc2)C2CC2)c(Cl)cn1. The topological polar surface area (TPSA) is 103 Å². The smallest absolute Gasteiger partial charge is 0.262 e. The number of imide groups is 1. The molecule has 3 heterocycles. The Labute approximate surface area is 278 Å². The maximum Gasteiger partial charge on any atom is 0.262 e. The second kappa shape index (κ2) is 15.6. The fraction of sp³-hybridized carbons (Fsp3) is 0.455. The number of aromatic nitrogens is 2. The van der Waals surface area contributed by atoms with Crippen molar-refractivity contribution in [3.63, 3.8) is 0 Å². The maximum absolute atomic E-state index is 14.1. The van der Waals surface area contributed by atoms with Gasteiger partial charge in [-0.15, -0.1) is 0 Å². The Morgan fingerprint density at radius 2 is 1.71 bits per heavy atom. The number of halogens is 3. The molecular weight excluding hydrogens is 639 g/mol. The van der Waals surface area contributed by atoms with Crippen molar-refractivity contribution >= 4 is 46.6 Å². The van der Waals surface area contributed by atoms with Crippen LogP contribution >= 0.6 is 34.8 Å². The zero-order valence-corrected chi connectivity index (χ0v) is 27.6. The molecule has 3 aromatic rings. The molecule has 1 aliphatic heterocycles. The molecule has 9 nitrogen and oxygen atoms in total. The highest BCUT2D eigenvalue weighted by molar-refractivity contribution is 6.37. The number of hydrogen-bond donors (Lipinski definition) is 1. The second-order valence-electron chi connectivity index (χ2n) is 11.4. The van der Waals surface area contributed by atoms with Crippen molar-refractivity contribution < 1.29 is 23.8 Å². The average Bonchev–Trinajstić information content (AvgIpc) is 3.86. The Kier molecular flexibility index (Phi) is 11.6. The molecule has 5 rings (SSSR count). The van der Waals surface area contributed by atoms with E-state index in [0.29, 0.717) is 46.8 Å². The first-order valence-corrected chi connectivity index (χ1v) is 16.3. The number of benzene rings is 1. The van der Waals surface area contributed by atoms with Crippen LogP contribution in [0.4, 0.5) is 0 Å². The van der Waals surface area contributed by atoms with Crippen LogP contribution in [-0.2, 0) is 16.0 Å². The van der Waals surface area contributed by atoms with Gasteiger partial charge in [0.05, 0.1) is 26.5 Å². The average molecular weight is 676 g/mol. The van der Waals surface area contributed by atoms with Gasteiger partial charge >= 0.3 is 0 Å². The third-order valence-electron chi connectivity index (χ3n) is 8.00. The number of nitrogens with one attached hydrogen (secondary N) is 1. The van der Waals surface area contributed by atoms with Gasteiger partial charge in [-0.25, -0.2) is 4.98 Å². The standard InChI is InChI=1S/C33H37Cl3N4O5/c1-20-14-27(34)31(28(35)15-20)45-13-12-44-30-8-5-21(17-39-30)24-9-10-37-18-26(24)33(42)40(23-6-7-23)32(41)25-16-22(4-3-11-43-2)38-19-29(25)36/h5,8,14-17,19,23-24,26,37H,3-4,6-7,9-13,18H2,1-2H3/t24-,26+/m1/s1. The van der Waals surface area contributed by atoms with Gasteiger partial charge in [-0.05, 0) is 80.8 Å². The summed E-state index contributed by atoms with van der Waals surface area (Å²) in [6.45, 7) is 4.19. The third-order valence-corrected chi connectivity index (χ3v) is 8.86. The summed E-state index contributed by atoms with van der Waals surface area (Å²) in [6.07, 6.45) is 6.95. The molecule has 2 fully saturated rings. The van der Waals surface area contributed by atoms with E-state index in [9.17, 15) is 9.59 Å². The first kappa shape index (κ1) is 33.4. The summed E-state index contributed by atoms with van der Waals surface area (Å²) < 4.78 is 16.6. The molecule has 240 valence electrons. The minimum absolute atomic E-state index is 0.110. The lowest BCUT2D eigenvalue weighted by Gasteiger charge is -2.35. The number of rotatable bonds is 13. The predicted molar refractivity (Wildman–Crippen MR) is 174 cm³/mol. The number of hydrogen-bond acceptors (Lipinski definition) is 8. The zero-order chi connectivity index (χ0) is 31.9. The van der Waals surface area contributed by atoms with Gasteiger partial charge < -0.3 is 19.5 Å². The molecule has 1 aliphatic carbocycles. The summed E-state index contributed by atoms with van der Waals surface area (Å²) in [6, 6.07) is 8.88. The highest BCUT2D eigenvalue weighted by Crippen LogP contribution is 2.37. The van der Waals surface area contributed by atoms with Gasteiger partial charge in [0.25, 0.3) is 5.91 Å². The first-order chi connectivity index (χ1) is 21.8. The Morgan fingerprint density at radius 1 is 0.956 bits per heavy atom. The minimum atomic E-state index is -0.434. The van der Waals surface area contributed by atoms with Crippen LogP contribution in [0.3, 0.4) is 0 Å². The summed E-state index contributed by atoms with van der Waals surface area (Å²) in [5.74, 6) is -0.255. The van der Waals surface area contributed by atoms with Crippen molar-refractivity contribution in [2.75, 3.05) is 40.0 Å². The number of carbonyl (C=O) groups is 2. The lowest BCUT2D eigenvalue weighted by Crippen LogP contribution is -2.49. The van der Waals surface area contributed by atoms with Gasteiger partial charge in [-0.3, -0.25) is 19.5 Å². The monoisotopic (exact) mass is 674 g/mol. The molecule has 1 N–H and O–H groups in total. The lowest BCUT2D eigenvalue weighted by atomic mass is 9.80. The van der Waals surface area contributed by atoms with Crippen LogP contribution in [0.25, 0.3) is 0 Å². The predicted octanol–water partition coefficient (Wildman–Crippen LogP) is 6.31. The van der Waals surface area contributed by atoms with E-state index < -0.39 is 5.92 Å². The van der Waals surface area contributed by atoms with E-state index in [4.69, 9.17) is 49.0 Å². The number of ether oxygens (including phenoxy) is 3. The van der Waals surface area contributed by atoms with Crippen LogP contribution < -0.4 is 14.8 Å². The molecule has 0 unspecified atom stereocenters. The molecule has 45 heavy (non-hydrogen) atoms. The van der Waals surface area contributed by atoms with E-state index in [0.717, 1.165) is 49.0 Å². The number of methoxy groups -OCH3 is 1. The molecular formula is C33H37Cl3N4O5. The van der Waals surface area contributed by atoms with Gasteiger partial charge in [-0.1, -0.05) is 40.9 Å².